The largest absolute Gasteiger partial charge is 0.489 e. The van der Waals surface area contributed by atoms with Crippen LogP contribution in [-0.2, 0) is 9.53 Å². The quantitative estimate of drug-likeness (QED) is 0.814. The Bertz CT molecular complexity index is 636. The highest BCUT2D eigenvalue weighted by Gasteiger charge is 2.22. The van der Waals surface area contributed by atoms with E-state index in [-0.39, 0.29) is 12.5 Å². The molecule has 0 saturated heterocycles. The molecule has 0 radical (unpaired) electrons. The van der Waals surface area contributed by atoms with Gasteiger partial charge in [-0.15, -0.1) is 0 Å². The van der Waals surface area contributed by atoms with Crippen LogP contribution in [-0.4, -0.2) is 47.7 Å². The first-order valence-corrected chi connectivity index (χ1v) is 9.56. The highest BCUT2D eigenvalue weighted by Crippen LogP contribution is 2.27. The number of hydrogen-bond donors (Lipinski definition) is 1. The summed E-state index contributed by atoms with van der Waals surface area (Å²) in [7, 11) is 1.52. The molecule has 1 aromatic rings. The summed E-state index contributed by atoms with van der Waals surface area (Å²) in [5, 5.41) is 2.72. The first-order chi connectivity index (χ1) is 12.7. The maximum absolute atomic E-state index is 12.3. The predicted molar refractivity (Wildman–Crippen MR) is 104 cm³/mol. The molecule has 1 aromatic heterocycles. The van der Waals surface area contributed by atoms with Gasteiger partial charge in [-0.3, -0.25) is 4.79 Å². The molecule has 0 aliphatic heterocycles. The van der Waals surface area contributed by atoms with Gasteiger partial charge >= 0.3 is 6.09 Å². The Hall–Kier alpha value is -2.31. The molecule has 2 rings (SSSR count). The smallest absolute Gasteiger partial charge is 0.410 e. The van der Waals surface area contributed by atoms with Gasteiger partial charge in [-0.05, 0) is 51.7 Å². The van der Waals surface area contributed by atoms with E-state index in [1.54, 1.807) is 39.1 Å². The van der Waals surface area contributed by atoms with Crippen LogP contribution in [0.4, 0.5) is 10.6 Å². The summed E-state index contributed by atoms with van der Waals surface area (Å²) < 4.78 is 11.2. The lowest BCUT2D eigenvalue weighted by Crippen LogP contribution is -2.38. The van der Waals surface area contributed by atoms with E-state index < -0.39 is 11.7 Å². The minimum Gasteiger partial charge on any atom is -0.489 e. The monoisotopic (exact) mass is 377 g/mol. The van der Waals surface area contributed by atoms with Crippen molar-refractivity contribution >= 4 is 17.8 Å². The van der Waals surface area contributed by atoms with Gasteiger partial charge in [0.25, 0.3) is 0 Å². The maximum atomic E-state index is 12.3. The average molecular weight is 377 g/mol. The van der Waals surface area contributed by atoms with Gasteiger partial charge in [0.1, 0.15) is 12.1 Å². The summed E-state index contributed by atoms with van der Waals surface area (Å²) in [6, 6.07) is 3.57. The maximum Gasteiger partial charge on any atom is 0.410 e. The number of ether oxygens (including phenoxy) is 2. The first-order valence-electron chi connectivity index (χ1n) is 9.56. The van der Waals surface area contributed by atoms with Gasteiger partial charge in [-0.2, -0.15) is 0 Å². The second kappa shape index (κ2) is 9.58. The number of aromatic nitrogens is 1. The van der Waals surface area contributed by atoms with Crippen molar-refractivity contribution in [3.8, 4) is 5.75 Å². The summed E-state index contributed by atoms with van der Waals surface area (Å²) in [4.78, 5) is 29.7. The number of anilines is 1. The average Bonchev–Trinajstić information content (AvgIpc) is 2.60. The molecule has 0 bridgehead atoms. The molecular formula is C20H31N3O4. The third-order valence-corrected chi connectivity index (χ3v) is 4.31. The lowest BCUT2D eigenvalue weighted by Gasteiger charge is -2.24. The highest BCUT2D eigenvalue weighted by molar-refractivity contribution is 5.94. The van der Waals surface area contributed by atoms with Gasteiger partial charge in [0.05, 0.1) is 6.61 Å². The van der Waals surface area contributed by atoms with Crippen molar-refractivity contribution in [1.82, 2.24) is 9.88 Å². The normalized spacial score (nSPS) is 15.1. The predicted octanol–water partition coefficient (Wildman–Crippen LogP) is 3.85. The van der Waals surface area contributed by atoms with Crippen molar-refractivity contribution in [3.63, 3.8) is 0 Å². The molecule has 1 N–H and O–H groups in total. The minimum absolute atomic E-state index is 0.131. The molecule has 1 saturated carbocycles. The molecule has 1 aliphatic rings. The van der Waals surface area contributed by atoms with Crippen molar-refractivity contribution < 1.29 is 19.1 Å². The van der Waals surface area contributed by atoms with Gasteiger partial charge in [0.2, 0.25) is 5.91 Å². The molecule has 7 heteroatoms. The summed E-state index contributed by atoms with van der Waals surface area (Å²) in [5.41, 5.74) is -0.608. The van der Waals surface area contributed by atoms with E-state index in [0.29, 0.717) is 24.1 Å². The molecular weight excluding hydrogens is 346 g/mol. The van der Waals surface area contributed by atoms with Crippen LogP contribution < -0.4 is 10.1 Å². The van der Waals surface area contributed by atoms with Crippen molar-refractivity contribution in [1.29, 1.82) is 0 Å². The van der Waals surface area contributed by atoms with Gasteiger partial charge < -0.3 is 19.7 Å². The lowest BCUT2D eigenvalue weighted by molar-refractivity contribution is -0.117. The van der Waals surface area contributed by atoms with Crippen molar-refractivity contribution in [2.75, 3.05) is 25.5 Å². The van der Waals surface area contributed by atoms with Gasteiger partial charge in [0.15, 0.2) is 11.6 Å². The third kappa shape index (κ3) is 7.45. The second-order valence-electron chi connectivity index (χ2n) is 8.05. The molecule has 1 fully saturated rings. The topological polar surface area (TPSA) is 80.8 Å². The number of carbonyl (C=O) groups is 2. The molecule has 150 valence electrons. The van der Waals surface area contributed by atoms with Crippen LogP contribution in [0.3, 0.4) is 0 Å². The van der Waals surface area contributed by atoms with Gasteiger partial charge in [-0.25, -0.2) is 9.78 Å². The highest BCUT2D eigenvalue weighted by atomic mass is 16.6. The fraction of sp³-hybridized carbons (Fsp3) is 0.650. The SMILES string of the molecule is CN(CC(=O)Nc1ncccc1OCC1CCCCC1)C(=O)OC(C)(C)C. The number of likely N-dealkylation sites (N-methyl/N-ethyl adjacent to an activating group) is 1. The number of carbonyl (C=O) groups excluding carboxylic acids is 2. The van der Waals surface area contributed by atoms with Crippen LogP contribution in [0.5, 0.6) is 5.75 Å². The van der Waals surface area contributed by atoms with Crippen LogP contribution in [0, 0.1) is 5.92 Å². The fourth-order valence-electron chi connectivity index (χ4n) is 2.95. The summed E-state index contributed by atoms with van der Waals surface area (Å²) in [6.45, 7) is 5.84. The number of nitrogens with one attached hydrogen (secondary N) is 1. The number of nitrogens with zero attached hydrogens (tertiary/aromatic N) is 2. The van der Waals surface area contributed by atoms with E-state index in [1.165, 1.54) is 44.1 Å². The molecule has 27 heavy (non-hydrogen) atoms. The van der Waals surface area contributed by atoms with Crippen LogP contribution in [0.15, 0.2) is 18.3 Å². The van der Waals surface area contributed by atoms with Crippen molar-refractivity contribution in [2.24, 2.45) is 5.92 Å². The zero-order valence-corrected chi connectivity index (χ0v) is 16.8. The standard InChI is InChI=1S/C20H31N3O4/c1-20(2,3)27-19(25)23(4)13-17(24)22-18-16(11-8-12-21-18)26-14-15-9-6-5-7-10-15/h8,11-12,15H,5-7,9-10,13-14H2,1-4H3,(H,21,22,24). The second-order valence-corrected chi connectivity index (χ2v) is 8.05. The molecule has 7 nitrogen and oxygen atoms in total. The molecule has 0 spiro atoms. The Morgan fingerprint density at radius 1 is 1.26 bits per heavy atom. The van der Waals surface area contributed by atoms with E-state index in [9.17, 15) is 9.59 Å². The Balaban J connectivity index is 1.88. The van der Waals surface area contributed by atoms with Crippen LogP contribution in [0.1, 0.15) is 52.9 Å². The van der Waals surface area contributed by atoms with Crippen LogP contribution in [0.25, 0.3) is 0 Å². The summed E-state index contributed by atoms with van der Waals surface area (Å²) >= 11 is 0. The zero-order valence-electron chi connectivity index (χ0n) is 16.8. The molecule has 0 atom stereocenters. The Morgan fingerprint density at radius 3 is 2.63 bits per heavy atom. The van der Waals surface area contributed by atoms with Gasteiger partial charge in [0, 0.05) is 13.2 Å². The molecule has 1 aliphatic carbocycles. The number of hydrogen-bond acceptors (Lipinski definition) is 5. The van der Waals surface area contributed by atoms with E-state index in [1.807, 2.05) is 0 Å². The lowest BCUT2D eigenvalue weighted by atomic mass is 9.90. The summed E-state index contributed by atoms with van der Waals surface area (Å²) in [6.07, 6.45) is 7.22. The third-order valence-electron chi connectivity index (χ3n) is 4.31. The Morgan fingerprint density at radius 2 is 1.96 bits per heavy atom. The fourth-order valence-corrected chi connectivity index (χ4v) is 2.95. The molecule has 2 amide bonds. The summed E-state index contributed by atoms with van der Waals surface area (Å²) in [5.74, 6) is 1.12. The molecule has 0 aromatic carbocycles. The number of pyridine rings is 1. The van der Waals surface area contributed by atoms with E-state index in [2.05, 4.69) is 10.3 Å². The number of amides is 2. The zero-order chi connectivity index (χ0) is 19.9. The van der Waals surface area contributed by atoms with Crippen molar-refractivity contribution in [3.05, 3.63) is 18.3 Å². The molecule has 0 unspecified atom stereocenters. The van der Waals surface area contributed by atoms with Crippen LogP contribution in [0.2, 0.25) is 0 Å². The Kier molecular flexibility index (Phi) is 7.45. The first kappa shape index (κ1) is 21.0. The molecule has 1 heterocycles. The van der Waals surface area contributed by atoms with Crippen LogP contribution >= 0.6 is 0 Å². The van der Waals surface area contributed by atoms with E-state index >= 15 is 0 Å². The Labute approximate surface area is 161 Å². The van der Waals surface area contributed by atoms with E-state index in [4.69, 9.17) is 9.47 Å². The minimum atomic E-state index is -0.608. The van der Waals surface area contributed by atoms with Crippen molar-refractivity contribution in [2.45, 2.75) is 58.5 Å². The van der Waals surface area contributed by atoms with E-state index in [0.717, 1.165) is 0 Å². The van der Waals surface area contributed by atoms with Gasteiger partial charge in [-0.1, -0.05) is 19.3 Å². The number of rotatable bonds is 6.